The molecule has 63 heavy (non-hydrogen) atoms. The summed E-state index contributed by atoms with van der Waals surface area (Å²) in [4.78, 5) is 38.1. The molecule has 0 aromatic heterocycles. The molecule has 0 saturated carbocycles. The zero-order valence-corrected chi connectivity index (χ0v) is 42.4. The molecule has 0 rings (SSSR count). The first-order chi connectivity index (χ1) is 31.0. The van der Waals surface area contributed by atoms with Crippen molar-refractivity contribution in [3.05, 3.63) is 24.3 Å². The number of unbranched alkanes of at least 4 members (excludes halogenated alkanes) is 36. The number of carbonyl (C=O) groups is 3. The fourth-order valence-electron chi connectivity index (χ4n) is 8.20. The second kappa shape index (κ2) is 52.5. The van der Waals surface area contributed by atoms with Gasteiger partial charge in [-0.05, 0) is 70.6 Å². The molecule has 1 atom stereocenters. The number of hydrogen-bond donors (Lipinski definition) is 0. The van der Waals surface area contributed by atoms with Gasteiger partial charge in [0, 0.05) is 19.3 Å². The molecule has 0 aliphatic carbocycles. The monoisotopic (exact) mass is 887 g/mol. The van der Waals surface area contributed by atoms with E-state index in [1.807, 2.05) is 0 Å². The quantitative estimate of drug-likeness (QED) is 0.0262. The fraction of sp³-hybridized carbons (Fsp3) is 0.877. The average Bonchev–Trinajstić information content (AvgIpc) is 3.28. The fourth-order valence-corrected chi connectivity index (χ4v) is 8.20. The zero-order chi connectivity index (χ0) is 45.8. The number of hydrogen-bond acceptors (Lipinski definition) is 6. The zero-order valence-electron chi connectivity index (χ0n) is 42.4. The number of esters is 3. The maximum atomic E-state index is 12.8. The Kier molecular flexibility index (Phi) is 50.8. The van der Waals surface area contributed by atoms with E-state index < -0.39 is 6.10 Å². The maximum absolute atomic E-state index is 12.8. The standard InChI is InChI=1S/C57H106O6/c1-4-7-10-13-16-19-22-25-27-28-30-33-36-39-42-45-48-51-57(60)63-54(52-61-55(58)49-46-43-40-37-34-31-24-21-18-15-12-9-6-3)53-62-56(59)50-47-44-41-38-35-32-29-26-23-20-17-14-11-8-5-2/h21,24-25,27,54H,4-20,22-23,26,28-53H2,1-3H3/b24-21-,27-25-/t54-/m1/s1. The highest BCUT2D eigenvalue weighted by Crippen LogP contribution is 2.16. The highest BCUT2D eigenvalue weighted by molar-refractivity contribution is 5.71. The van der Waals surface area contributed by atoms with Crippen LogP contribution in [0.5, 0.6) is 0 Å². The highest BCUT2D eigenvalue weighted by atomic mass is 16.6. The number of allylic oxidation sites excluding steroid dienone is 4. The van der Waals surface area contributed by atoms with Crippen LogP contribution in [-0.2, 0) is 28.6 Å². The summed E-state index contributed by atoms with van der Waals surface area (Å²) >= 11 is 0. The van der Waals surface area contributed by atoms with E-state index in [0.717, 1.165) is 64.2 Å². The lowest BCUT2D eigenvalue weighted by Crippen LogP contribution is -2.30. The van der Waals surface area contributed by atoms with Gasteiger partial charge in [-0.15, -0.1) is 0 Å². The second-order valence-corrected chi connectivity index (χ2v) is 18.8. The SMILES string of the molecule is CCCCCC/C=C\CCCCCCCC(=O)OC[C@H](COC(=O)CCCCCCCCCCCCCCCCC)OC(=O)CCCCCCCCC/C=C\CCCCCCCC. The van der Waals surface area contributed by atoms with E-state index in [4.69, 9.17) is 14.2 Å². The topological polar surface area (TPSA) is 78.9 Å². The van der Waals surface area contributed by atoms with Gasteiger partial charge in [-0.2, -0.15) is 0 Å². The van der Waals surface area contributed by atoms with E-state index in [2.05, 4.69) is 45.1 Å². The Morgan fingerprint density at radius 1 is 0.302 bits per heavy atom. The van der Waals surface area contributed by atoms with Gasteiger partial charge in [0.15, 0.2) is 6.10 Å². The van der Waals surface area contributed by atoms with Crippen LogP contribution in [0.3, 0.4) is 0 Å². The largest absolute Gasteiger partial charge is 0.462 e. The first-order valence-corrected chi connectivity index (χ1v) is 27.8. The predicted octanol–water partition coefficient (Wildman–Crippen LogP) is 18.3. The van der Waals surface area contributed by atoms with Gasteiger partial charge in [-0.3, -0.25) is 14.4 Å². The Morgan fingerprint density at radius 3 is 0.810 bits per heavy atom. The molecule has 0 aliphatic rings. The smallest absolute Gasteiger partial charge is 0.306 e. The van der Waals surface area contributed by atoms with E-state index in [9.17, 15) is 14.4 Å². The molecule has 0 spiro atoms. The summed E-state index contributed by atoms with van der Waals surface area (Å²) < 4.78 is 16.8. The molecule has 0 fully saturated rings. The average molecular weight is 887 g/mol. The minimum atomic E-state index is -0.772. The van der Waals surface area contributed by atoms with Gasteiger partial charge >= 0.3 is 17.9 Å². The van der Waals surface area contributed by atoms with Gasteiger partial charge in [-0.25, -0.2) is 0 Å². The summed E-state index contributed by atoms with van der Waals surface area (Å²) in [5, 5.41) is 0. The van der Waals surface area contributed by atoms with Crippen molar-refractivity contribution in [2.45, 2.75) is 309 Å². The molecule has 0 amide bonds. The van der Waals surface area contributed by atoms with Gasteiger partial charge in [0.05, 0.1) is 0 Å². The Labute approximate surface area is 392 Å². The van der Waals surface area contributed by atoms with Crippen molar-refractivity contribution in [2.24, 2.45) is 0 Å². The second-order valence-electron chi connectivity index (χ2n) is 18.8. The van der Waals surface area contributed by atoms with Crippen LogP contribution in [0.15, 0.2) is 24.3 Å². The third kappa shape index (κ3) is 50.7. The summed E-state index contributed by atoms with van der Waals surface area (Å²) in [5.74, 6) is -0.868. The summed E-state index contributed by atoms with van der Waals surface area (Å²) in [6.07, 6.45) is 60.2. The van der Waals surface area contributed by atoms with Crippen LogP contribution < -0.4 is 0 Å². The molecule has 0 aliphatic heterocycles. The van der Waals surface area contributed by atoms with E-state index in [-0.39, 0.29) is 31.1 Å². The summed E-state index contributed by atoms with van der Waals surface area (Å²) in [7, 11) is 0. The lowest BCUT2D eigenvalue weighted by Gasteiger charge is -2.18. The minimum Gasteiger partial charge on any atom is -0.462 e. The van der Waals surface area contributed by atoms with Crippen LogP contribution in [0.4, 0.5) is 0 Å². The van der Waals surface area contributed by atoms with E-state index >= 15 is 0 Å². The van der Waals surface area contributed by atoms with Crippen LogP contribution in [0.25, 0.3) is 0 Å². The predicted molar refractivity (Wildman–Crippen MR) is 270 cm³/mol. The number of ether oxygens (including phenoxy) is 3. The Bertz CT molecular complexity index is 1020. The van der Waals surface area contributed by atoms with Crippen LogP contribution in [0, 0.1) is 0 Å². The summed E-state index contributed by atoms with van der Waals surface area (Å²) in [5.41, 5.74) is 0. The van der Waals surface area contributed by atoms with Gasteiger partial charge in [0.1, 0.15) is 13.2 Å². The Hall–Kier alpha value is -2.11. The van der Waals surface area contributed by atoms with E-state index in [1.54, 1.807) is 0 Å². The first-order valence-electron chi connectivity index (χ1n) is 27.8. The molecule has 0 unspecified atom stereocenters. The molecular weight excluding hydrogens is 781 g/mol. The maximum Gasteiger partial charge on any atom is 0.306 e. The molecule has 0 aromatic carbocycles. The van der Waals surface area contributed by atoms with Crippen LogP contribution in [0.2, 0.25) is 0 Å². The molecular formula is C57H106O6. The number of rotatable bonds is 51. The van der Waals surface area contributed by atoms with Crippen molar-refractivity contribution in [1.82, 2.24) is 0 Å². The number of carbonyl (C=O) groups excluding carboxylic acids is 3. The van der Waals surface area contributed by atoms with Crippen molar-refractivity contribution in [3.8, 4) is 0 Å². The Balaban J connectivity index is 4.34. The van der Waals surface area contributed by atoms with Gasteiger partial charge in [0.25, 0.3) is 0 Å². The summed E-state index contributed by atoms with van der Waals surface area (Å²) in [6.45, 7) is 6.65. The Morgan fingerprint density at radius 2 is 0.524 bits per heavy atom. The van der Waals surface area contributed by atoms with Crippen LogP contribution >= 0.6 is 0 Å². The molecule has 0 heterocycles. The van der Waals surface area contributed by atoms with E-state index in [1.165, 1.54) is 199 Å². The third-order valence-corrected chi connectivity index (χ3v) is 12.4. The molecule has 0 aromatic rings. The molecule has 6 heteroatoms. The van der Waals surface area contributed by atoms with Crippen LogP contribution in [-0.4, -0.2) is 37.2 Å². The lowest BCUT2D eigenvalue weighted by atomic mass is 10.0. The van der Waals surface area contributed by atoms with Crippen molar-refractivity contribution < 1.29 is 28.6 Å². The van der Waals surface area contributed by atoms with Crippen molar-refractivity contribution in [1.29, 1.82) is 0 Å². The van der Waals surface area contributed by atoms with Crippen molar-refractivity contribution >= 4 is 17.9 Å². The van der Waals surface area contributed by atoms with Crippen LogP contribution in [0.1, 0.15) is 303 Å². The molecule has 0 N–H and O–H groups in total. The van der Waals surface area contributed by atoms with Gasteiger partial charge in [-0.1, -0.05) is 238 Å². The van der Waals surface area contributed by atoms with E-state index in [0.29, 0.717) is 19.3 Å². The van der Waals surface area contributed by atoms with Crippen molar-refractivity contribution in [2.75, 3.05) is 13.2 Å². The summed E-state index contributed by atoms with van der Waals surface area (Å²) in [6, 6.07) is 0. The highest BCUT2D eigenvalue weighted by Gasteiger charge is 2.19. The van der Waals surface area contributed by atoms with Gasteiger partial charge < -0.3 is 14.2 Å². The minimum absolute atomic E-state index is 0.0714. The molecule has 370 valence electrons. The normalized spacial score (nSPS) is 12.1. The molecule has 0 radical (unpaired) electrons. The third-order valence-electron chi connectivity index (χ3n) is 12.4. The van der Waals surface area contributed by atoms with Gasteiger partial charge in [0.2, 0.25) is 0 Å². The molecule has 0 bridgehead atoms. The first kappa shape index (κ1) is 60.9. The molecule has 0 saturated heterocycles. The van der Waals surface area contributed by atoms with Crippen molar-refractivity contribution in [3.63, 3.8) is 0 Å². The molecule has 6 nitrogen and oxygen atoms in total. The lowest BCUT2D eigenvalue weighted by molar-refractivity contribution is -0.167.